The van der Waals surface area contributed by atoms with Crippen LogP contribution in [0, 0.1) is 0 Å². The lowest BCUT2D eigenvalue weighted by Gasteiger charge is -2.28. The maximum absolute atomic E-state index is 13.1. The third-order valence-electron chi connectivity index (χ3n) is 5.25. The first kappa shape index (κ1) is 20.0. The Bertz CT molecular complexity index is 1110. The van der Waals surface area contributed by atoms with Crippen molar-refractivity contribution in [2.75, 3.05) is 17.3 Å². The second-order valence-electron chi connectivity index (χ2n) is 7.36. The van der Waals surface area contributed by atoms with Gasteiger partial charge in [0.1, 0.15) is 0 Å². The van der Waals surface area contributed by atoms with Gasteiger partial charge in [-0.2, -0.15) is 0 Å². The molecule has 1 atom stereocenters. The number of carbonyl (C=O) groups is 1. The van der Waals surface area contributed by atoms with Gasteiger partial charge in [0.25, 0.3) is 0 Å². The van der Waals surface area contributed by atoms with Crippen molar-refractivity contribution in [1.82, 2.24) is 4.90 Å². The van der Waals surface area contributed by atoms with E-state index in [0.29, 0.717) is 18.7 Å². The Morgan fingerprint density at radius 3 is 2.41 bits per heavy atom. The molecule has 0 radical (unpaired) electrons. The zero-order chi connectivity index (χ0) is 20.3. The lowest BCUT2D eigenvalue weighted by atomic mass is 10.1. The van der Waals surface area contributed by atoms with Gasteiger partial charge in [-0.25, -0.2) is 8.42 Å². The van der Waals surface area contributed by atoms with Crippen LogP contribution in [0.5, 0.6) is 0 Å². The van der Waals surface area contributed by atoms with Gasteiger partial charge < -0.3 is 4.90 Å². The molecule has 1 unspecified atom stereocenters. The molecular weight excluding hydrogens is 402 g/mol. The van der Waals surface area contributed by atoms with Gasteiger partial charge in [0.05, 0.1) is 17.3 Å². The number of hydrogen-bond acceptors (Lipinski definition) is 4. The molecule has 0 bridgehead atoms. The SMILES string of the molecule is O=C(CSc1ccc2ccccc2c1)N(Cc1ccccc1)C1CCS(=O)(=O)C1. The van der Waals surface area contributed by atoms with Gasteiger partial charge in [-0.15, -0.1) is 11.8 Å². The average molecular weight is 426 g/mol. The Balaban J connectivity index is 1.49. The maximum atomic E-state index is 13.1. The van der Waals surface area contributed by atoms with Crippen molar-refractivity contribution in [3.63, 3.8) is 0 Å². The molecule has 0 saturated carbocycles. The fourth-order valence-corrected chi connectivity index (χ4v) is 6.27. The van der Waals surface area contributed by atoms with Crippen LogP contribution in [0.4, 0.5) is 0 Å². The molecule has 0 aliphatic carbocycles. The highest BCUT2D eigenvalue weighted by molar-refractivity contribution is 8.00. The molecule has 1 heterocycles. The molecule has 1 amide bonds. The minimum Gasteiger partial charge on any atom is -0.334 e. The number of carbonyl (C=O) groups excluding carboxylic acids is 1. The first-order chi connectivity index (χ1) is 14.0. The molecule has 150 valence electrons. The summed E-state index contributed by atoms with van der Waals surface area (Å²) in [6.07, 6.45) is 0.515. The van der Waals surface area contributed by atoms with Crippen LogP contribution in [0.25, 0.3) is 10.8 Å². The Labute approximate surface area is 175 Å². The van der Waals surface area contributed by atoms with Gasteiger partial charge in [0, 0.05) is 17.5 Å². The average Bonchev–Trinajstić information content (AvgIpc) is 3.10. The predicted molar refractivity (Wildman–Crippen MR) is 119 cm³/mol. The Kier molecular flexibility index (Phi) is 5.92. The molecule has 1 saturated heterocycles. The van der Waals surface area contributed by atoms with E-state index in [1.165, 1.54) is 17.1 Å². The lowest BCUT2D eigenvalue weighted by molar-refractivity contribution is -0.130. The third-order valence-corrected chi connectivity index (χ3v) is 7.98. The van der Waals surface area contributed by atoms with E-state index in [-0.39, 0.29) is 23.5 Å². The highest BCUT2D eigenvalue weighted by atomic mass is 32.2. The molecule has 0 N–H and O–H groups in total. The fourth-order valence-electron chi connectivity index (χ4n) is 3.71. The smallest absolute Gasteiger partial charge is 0.233 e. The van der Waals surface area contributed by atoms with Crippen LogP contribution in [0.15, 0.2) is 77.7 Å². The summed E-state index contributed by atoms with van der Waals surface area (Å²) in [4.78, 5) is 15.9. The number of fused-ring (bicyclic) bond motifs is 1. The summed E-state index contributed by atoms with van der Waals surface area (Å²) >= 11 is 1.50. The van der Waals surface area contributed by atoms with Gasteiger partial charge in [0.15, 0.2) is 9.84 Å². The normalized spacial score (nSPS) is 18.0. The highest BCUT2D eigenvalue weighted by Crippen LogP contribution is 2.26. The Hall–Kier alpha value is -2.31. The molecule has 4 nitrogen and oxygen atoms in total. The summed E-state index contributed by atoms with van der Waals surface area (Å²) in [5.41, 5.74) is 1.01. The second kappa shape index (κ2) is 8.59. The summed E-state index contributed by atoms with van der Waals surface area (Å²) in [6.45, 7) is 0.443. The summed E-state index contributed by atoms with van der Waals surface area (Å²) in [5.74, 6) is 0.497. The van der Waals surface area contributed by atoms with Crippen LogP contribution < -0.4 is 0 Å². The first-order valence-electron chi connectivity index (χ1n) is 9.66. The van der Waals surface area contributed by atoms with Crippen molar-refractivity contribution in [2.45, 2.75) is 23.9 Å². The number of rotatable bonds is 6. The van der Waals surface area contributed by atoms with Gasteiger partial charge in [-0.3, -0.25) is 4.79 Å². The molecule has 0 spiro atoms. The Morgan fingerprint density at radius 2 is 1.69 bits per heavy atom. The van der Waals surface area contributed by atoms with Crippen LogP contribution in [-0.4, -0.2) is 42.5 Å². The van der Waals surface area contributed by atoms with E-state index in [9.17, 15) is 13.2 Å². The summed E-state index contributed by atoms with van der Waals surface area (Å²) < 4.78 is 24.0. The molecule has 1 aliphatic heterocycles. The van der Waals surface area contributed by atoms with Crippen molar-refractivity contribution in [3.05, 3.63) is 78.4 Å². The van der Waals surface area contributed by atoms with Crippen molar-refractivity contribution in [3.8, 4) is 0 Å². The molecule has 29 heavy (non-hydrogen) atoms. The van der Waals surface area contributed by atoms with Crippen molar-refractivity contribution >= 4 is 38.3 Å². The first-order valence-corrected chi connectivity index (χ1v) is 12.5. The van der Waals surface area contributed by atoms with Crippen LogP contribution in [0.2, 0.25) is 0 Å². The van der Waals surface area contributed by atoms with Gasteiger partial charge >= 0.3 is 0 Å². The number of thioether (sulfide) groups is 1. The molecule has 3 aromatic carbocycles. The van der Waals surface area contributed by atoms with Crippen LogP contribution in [0.1, 0.15) is 12.0 Å². The largest absolute Gasteiger partial charge is 0.334 e. The summed E-state index contributed by atoms with van der Waals surface area (Å²) in [7, 11) is -3.06. The van der Waals surface area contributed by atoms with Crippen LogP contribution in [0.3, 0.4) is 0 Å². The highest BCUT2D eigenvalue weighted by Gasteiger charge is 2.34. The quantitative estimate of drug-likeness (QED) is 0.557. The molecule has 0 aromatic heterocycles. The van der Waals surface area contributed by atoms with E-state index < -0.39 is 9.84 Å². The van der Waals surface area contributed by atoms with E-state index >= 15 is 0 Å². The van der Waals surface area contributed by atoms with Gasteiger partial charge in [-0.1, -0.05) is 60.7 Å². The molecule has 1 fully saturated rings. The molecule has 3 aromatic rings. The number of benzene rings is 3. The zero-order valence-electron chi connectivity index (χ0n) is 16.0. The second-order valence-corrected chi connectivity index (χ2v) is 10.6. The summed E-state index contributed by atoms with van der Waals surface area (Å²) in [6, 6.07) is 23.8. The van der Waals surface area contributed by atoms with Crippen molar-refractivity contribution in [1.29, 1.82) is 0 Å². The van der Waals surface area contributed by atoms with Crippen molar-refractivity contribution < 1.29 is 13.2 Å². The predicted octanol–water partition coefficient (Wildman–Crippen LogP) is 4.15. The zero-order valence-corrected chi connectivity index (χ0v) is 17.7. The third kappa shape index (κ3) is 5.00. The summed E-state index contributed by atoms with van der Waals surface area (Å²) in [5, 5.41) is 2.32. The van der Waals surface area contributed by atoms with E-state index in [1.807, 2.05) is 48.5 Å². The van der Waals surface area contributed by atoms with Crippen LogP contribution in [-0.2, 0) is 21.2 Å². The number of hydrogen-bond donors (Lipinski definition) is 0. The van der Waals surface area contributed by atoms with E-state index in [2.05, 4.69) is 24.3 Å². The van der Waals surface area contributed by atoms with Gasteiger partial charge in [0.2, 0.25) is 5.91 Å². The van der Waals surface area contributed by atoms with Crippen molar-refractivity contribution in [2.24, 2.45) is 0 Å². The van der Waals surface area contributed by atoms with Gasteiger partial charge in [-0.05, 0) is 34.9 Å². The molecule has 6 heteroatoms. The van der Waals surface area contributed by atoms with E-state index in [1.54, 1.807) is 4.90 Å². The Morgan fingerprint density at radius 1 is 0.966 bits per heavy atom. The monoisotopic (exact) mass is 425 g/mol. The molecule has 4 rings (SSSR count). The topological polar surface area (TPSA) is 54.5 Å². The van der Waals surface area contributed by atoms with E-state index in [0.717, 1.165) is 15.8 Å². The van der Waals surface area contributed by atoms with Crippen LogP contribution >= 0.6 is 11.8 Å². The van der Waals surface area contributed by atoms with E-state index in [4.69, 9.17) is 0 Å². The minimum atomic E-state index is -3.06. The number of sulfone groups is 1. The number of amides is 1. The maximum Gasteiger partial charge on any atom is 0.233 e. The standard InChI is InChI=1S/C23H23NO3S2/c25-23(16-28-22-11-10-19-8-4-5-9-20(19)14-22)24(15-18-6-2-1-3-7-18)21-12-13-29(26,27)17-21/h1-11,14,21H,12-13,15-17H2. The minimum absolute atomic E-state index is 0.0193. The lowest BCUT2D eigenvalue weighted by Crippen LogP contribution is -2.41. The number of nitrogens with zero attached hydrogens (tertiary/aromatic N) is 1. The molecular formula is C23H23NO3S2. The molecule has 1 aliphatic rings. The fraction of sp³-hybridized carbons (Fsp3) is 0.261.